The van der Waals surface area contributed by atoms with Gasteiger partial charge < -0.3 is 16.8 Å². The largest absolute Gasteiger partial charge is 0.476 e. The standard InChI is InChI=1S/C52H122O4Si14/c1-57(2)27-39-63(13,14)54-64(15,16)40-28-60(7,8)36-48-70-49-37-61(9,10)31-43-67(21,22)55-65(17,18)41-29-58(3,4)34-46-69(45-33-57,51-25-26-52(70)53-51)47-35-59(5,6)30-42-66(19,20)56-68(23,24)44-32-62(11,12)38-50-70/h25-26H,27-50H2,1-24H3. The molecule has 4 nitrogen and oxygen atoms in total. The first kappa shape index (κ1) is 64.7. The molecule has 0 fully saturated rings. The van der Waals surface area contributed by atoms with Gasteiger partial charge in [0, 0.05) is 48.4 Å². The van der Waals surface area contributed by atoms with Crippen molar-refractivity contribution in [1.82, 2.24) is 0 Å². The second-order valence-corrected chi connectivity index (χ2v) is 101. The van der Waals surface area contributed by atoms with Gasteiger partial charge in [0.05, 0.1) is 10.8 Å². The number of furan rings is 1. The van der Waals surface area contributed by atoms with Crippen molar-refractivity contribution in [3.05, 3.63) is 12.1 Å². The van der Waals surface area contributed by atoms with Crippen LogP contribution in [0.1, 0.15) is 0 Å². The van der Waals surface area contributed by atoms with Gasteiger partial charge in [-0.05, 0) is 127 Å². The highest BCUT2D eigenvalue weighted by Crippen LogP contribution is 2.43. The van der Waals surface area contributed by atoms with Crippen molar-refractivity contribution in [2.45, 2.75) is 302 Å². The van der Waals surface area contributed by atoms with Crippen LogP contribution >= 0.6 is 0 Å². The first-order valence-electron chi connectivity index (χ1n) is 29.5. The predicted octanol–water partition coefficient (Wildman–Crippen LogP) is 19.2. The summed E-state index contributed by atoms with van der Waals surface area (Å²) in [4.78, 5) is 0. The molecule has 4 bridgehead atoms. The smallest absolute Gasteiger partial charge is 0.173 e. The summed E-state index contributed by atoms with van der Waals surface area (Å²) in [5.41, 5.74) is 0. The quantitative estimate of drug-likeness (QED) is 0.243. The fourth-order valence-electron chi connectivity index (χ4n) is 13.0. The minimum Gasteiger partial charge on any atom is -0.476 e. The molecule has 0 atom stereocenters. The van der Waals surface area contributed by atoms with Crippen LogP contribution in [-0.2, 0) is 12.3 Å². The van der Waals surface area contributed by atoms with Crippen LogP contribution < -0.4 is 10.8 Å². The summed E-state index contributed by atoms with van der Waals surface area (Å²) in [5.74, 6) is 0. The van der Waals surface area contributed by atoms with Crippen LogP contribution in [-0.4, -0.2) is 114 Å². The molecule has 4 heterocycles. The lowest BCUT2D eigenvalue weighted by Gasteiger charge is -2.42. The summed E-state index contributed by atoms with van der Waals surface area (Å²) < 4.78 is 31.0. The van der Waals surface area contributed by atoms with Crippen LogP contribution in [0.25, 0.3) is 0 Å². The van der Waals surface area contributed by atoms with Crippen LogP contribution in [0.2, 0.25) is 302 Å². The summed E-state index contributed by atoms with van der Waals surface area (Å²) >= 11 is 0. The van der Waals surface area contributed by atoms with Crippen molar-refractivity contribution in [3.63, 3.8) is 0 Å². The van der Waals surface area contributed by atoms with Crippen LogP contribution in [0.15, 0.2) is 16.5 Å². The molecule has 0 N–H and O–H groups in total. The van der Waals surface area contributed by atoms with E-state index in [9.17, 15) is 0 Å². The molecule has 1 aromatic rings. The van der Waals surface area contributed by atoms with Gasteiger partial charge in [0.1, 0.15) is 16.1 Å². The number of hydrogen-bond acceptors (Lipinski definition) is 4. The lowest BCUT2D eigenvalue weighted by Crippen LogP contribution is -2.54. The van der Waals surface area contributed by atoms with Gasteiger partial charge >= 0.3 is 0 Å². The average molecular weight is 1200 g/mol. The Kier molecular flexibility index (Phi) is 21.7. The maximum atomic E-state index is 8.26. The molecule has 4 rings (SSSR count). The third kappa shape index (κ3) is 21.4. The molecule has 18 heteroatoms. The molecule has 0 unspecified atom stereocenters. The van der Waals surface area contributed by atoms with Crippen molar-refractivity contribution < 1.29 is 16.8 Å². The van der Waals surface area contributed by atoms with E-state index in [1.54, 1.807) is 10.8 Å². The summed E-state index contributed by atoms with van der Waals surface area (Å²) in [7, 11) is -24.1. The Balaban J connectivity index is 2.08. The van der Waals surface area contributed by atoms with E-state index in [4.69, 9.17) is 16.8 Å². The van der Waals surface area contributed by atoms with Gasteiger partial charge in [0.15, 0.2) is 49.9 Å². The van der Waals surface area contributed by atoms with Crippen molar-refractivity contribution in [2.24, 2.45) is 0 Å². The number of rotatable bonds is 0. The maximum absolute atomic E-state index is 8.26. The van der Waals surface area contributed by atoms with E-state index in [1.807, 2.05) is 0 Å². The van der Waals surface area contributed by atoms with E-state index >= 15 is 0 Å². The van der Waals surface area contributed by atoms with E-state index in [0.717, 1.165) is 0 Å². The highest BCUT2D eigenvalue weighted by Gasteiger charge is 2.49. The Bertz CT molecular complexity index is 1540. The molecule has 70 heavy (non-hydrogen) atoms. The van der Waals surface area contributed by atoms with Gasteiger partial charge in [0.25, 0.3) is 0 Å². The second kappa shape index (κ2) is 23.5. The molecular formula is C52H122O4Si14. The summed E-state index contributed by atoms with van der Waals surface area (Å²) in [6, 6.07) is 40.0. The third-order valence-corrected chi connectivity index (χ3v) is 76.5. The minimum absolute atomic E-state index is 1.36. The third-order valence-electron chi connectivity index (χ3n) is 19.4. The Morgan fingerprint density at radius 2 is 0.357 bits per heavy atom. The first-order valence-corrected chi connectivity index (χ1v) is 73.9. The summed E-state index contributed by atoms with van der Waals surface area (Å²) in [5, 5.41) is 3.21. The molecule has 410 valence electrons. The lowest BCUT2D eigenvalue weighted by molar-refractivity contribution is 0.540. The summed E-state index contributed by atoms with van der Waals surface area (Å²) in [6.07, 6.45) is 0. The normalized spacial score (nSPS) is 33.1. The zero-order valence-corrected chi connectivity index (χ0v) is 65.8. The molecular weight excluding hydrogens is 1080 g/mol. The molecule has 0 saturated heterocycles. The van der Waals surface area contributed by atoms with Crippen LogP contribution in [0, 0.1) is 0 Å². The Labute approximate surface area is 452 Å². The zero-order valence-electron chi connectivity index (χ0n) is 51.8. The molecule has 0 spiro atoms. The zero-order chi connectivity index (χ0) is 53.4. The van der Waals surface area contributed by atoms with Gasteiger partial charge in [-0.1, -0.05) is 187 Å². The second-order valence-electron chi connectivity index (χ2n) is 33.6. The summed E-state index contributed by atoms with van der Waals surface area (Å²) in [6.45, 7) is 64.9. The topological polar surface area (TPSA) is 40.8 Å². The molecule has 0 saturated carbocycles. The van der Waals surface area contributed by atoms with Crippen molar-refractivity contribution in [1.29, 1.82) is 0 Å². The first-order chi connectivity index (χ1) is 31.3. The molecule has 0 amide bonds. The fraction of sp³-hybridized carbons (Fsp3) is 0.923. The SMILES string of the molecule is C[Si]1(C)CC[Si](C)(C)O[Si](C)(C)CC[Si](C)(C)CC[Si]23CC[Si](C)(C)CC[Si](C)(C)O[Si](C)(C)CC[Si](C)(C)CC[Si](CC1)(CC[Si](C)(C)CC[Si](C)(C)O[Si](C)(C)CC[Si](C)(C)CC2)c1ccc3o1. The monoisotopic (exact) mass is 1200 g/mol. The van der Waals surface area contributed by atoms with Gasteiger partial charge in [0.2, 0.25) is 0 Å². The molecule has 0 aromatic carbocycles. The van der Waals surface area contributed by atoms with Crippen LogP contribution in [0.5, 0.6) is 0 Å². The molecule has 1 aromatic heterocycles. The van der Waals surface area contributed by atoms with Gasteiger partial charge in [-0.25, -0.2) is 0 Å². The van der Waals surface area contributed by atoms with Crippen molar-refractivity contribution in [3.8, 4) is 0 Å². The van der Waals surface area contributed by atoms with Crippen molar-refractivity contribution in [2.75, 3.05) is 0 Å². The molecule has 3 aliphatic rings. The predicted molar refractivity (Wildman–Crippen MR) is 358 cm³/mol. The van der Waals surface area contributed by atoms with Crippen molar-refractivity contribution >= 4 is 125 Å². The van der Waals surface area contributed by atoms with E-state index < -0.39 is 114 Å². The highest BCUT2D eigenvalue weighted by atomic mass is 28.4. The van der Waals surface area contributed by atoms with E-state index in [0.29, 0.717) is 0 Å². The van der Waals surface area contributed by atoms with Crippen LogP contribution in [0.4, 0.5) is 0 Å². The van der Waals surface area contributed by atoms with Crippen LogP contribution in [0.3, 0.4) is 0 Å². The Morgan fingerprint density at radius 3 is 0.514 bits per heavy atom. The number of hydrogen-bond donors (Lipinski definition) is 0. The fourth-order valence-corrected chi connectivity index (χ4v) is 97.9. The molecule has 3 aliphatic heterocycles. The van der Waals surface area contributed by atoms with E-state index in [2.05, 4.69) is 169 Å². The maximum Gasteiger partial charge on any atom is 0.173 e. The highest BCUT2D eigenvalue weighted by molar-refractivity contribution is 6.98. The van der Waals surface area contributed by atoms with E-state index in [1.165, 1.54) is 145 Å². The molecule has 0 aliphatic carbocycles. The minimum atomic E-state index is -2.10. The van der Waals surface area contributed by atoms with Gasteiger partial charge in [-0.2, -0.15) is 0 Å². The molecule has 0 radical (unpaired) electrons. The lowest BCUT2D eigenvalue weighted by atomic mass is 10.7. The Hall–Kier alpha value is 2.20. The van der Waals surface area contributed by atoms with Gasteiger partial charge in [-0.15, -0.1) is 0 Å². The van der Waals surface area contributed by atoms with E-state index in [-0.39, 0.29) is 0 Å². The average Bonchev–Trinajstić information content (AvgIpc) is 3.70. The van der Waals surface area contributed by atoms with Gasteiger partial charge in [-0.3, -0.25) is 0 Å². The Morgan fingerprint density at radius 1 is 0.214 bits per heavy atom.